The molecule has 2 rings (SSSR count). The summed E-state index contributed by atoms with van der Waals surface area (Å²) < 4.78 is 10.6. The molecule has 22 heavy (non-hydrogen) atoms. The van der Waals surface area contributed by atoms with Crippen molar-refractivity contribution < 1.29 is 19.1 Å². The highest BCUT2D eigenvalue weighted by molar-refractivity contribution is 5.68. The molecule has 1 aliphatic heterocycles. The first-order valence-electron chi connectivity index (χ1n) is 7.71. The summed E-state index contributed by atoms with van der Waals surface area (Å²) in [6.07, 6.45) is 2.40. The fourth-order valence-electron chi connectivity index (χ4n) is 2.44. The number of carbonyl (C=O) groups excluding carboxylic acids is 1. The van der Waals surface area contributed by atoms with Crippen LogP contribution in [-0.2, 0) is 11.3 Å². The molecular formula is C16H26N2O4. The molecule has 0 radical (unpaired) electrons. The van der Waals surface area contributed by atoms with Gasteiger partial charge in [-0.15, -0.1) is 0 Å². The molecule has 1 amide bonds. The second-order valence-corrected chi connectivity index (χ2v) is 6.87. The van der Waals surface area contributed by atoms with Gasteiger partial charge in [-0.3, -0.25) is 0 Å². The smallest absolute Gasteiger partial charge is 0.410 e. The van der Waals surface area contributed by atoms with Crippen molar-refractivity contribution in [2.75, 3.05) is 19.6 Å². The predicted molar refractivity (Wildman–Crippen MR) is 82.4 cm³/mol. The predicted octanol–water partition coefficient (Wildman–Crippen LogP) is 2.13. The van der Waals surface area contributed by atoms with Crippen molar-refractivity contribution in [1.82, 2.24) is 10.2 Å². The van der Waals surface area contributed by atoms with Crippen molar-refractivity contribution in [2.45, 2.75) is 51.4 Å². The van der Waals surface area contributed by atoms with Gasteiger partial charge in [0.2, 0.25) is 0 Å². The van der Waals surface area contributed by atoms with Crippen LogP contribution in [0.4, 0.5) is 4.79 Å². The van der Waals surface area contributed by atoms with E-state index in [9.17, 15) is 9.90 Å². The second-order valence-electron chi connectivity index (χ2n) is 6.87. The van der Waals surface area contributed by atoms with Crippen molar-refractivity contribution in [2.24, 2.45) is 0 Å². The van der Waals surface area contributed by atoms with Gasteiger partial charge in [-0.1, -0.05) is 0 Å². The number of amides is 1. The number of nitrogens with one attached hydrogen (secondary N) is 1. The Hall–Kier alpha value is -1.53. The number of likely N-dealkylation sites (tertiary alicyclic amines) is 1. The number of nitrogens with zero attached hydrogens (tertiary/aromatic N) is 1. The van der Waals surface area contributed by atoms with Gasteiger partial charge in [-0.25, -0.2) is 4.79 Å². The molecule has 1 aliphatic rings. The number of piperidine rings is 1. The van der Waals surface area contributed by atoms with E-state index < -0.39 is 11.2 Å². The molecule has 0 aliphatic carbocycles. The van der Waals surface area contributed by atoms with Crippen molar-refractivity contribution in [1.29, 1.82) is 0 Å². The van der Waals surface area contributed by atoms with Crippen LogP contribution in [0.25, 0.3) is 0 Å². The topological polar surface area (TPSA) is 74.9 Å². The fourth-order valence-corrected chi connectivity index (χ4v) is 2.44. The first-order chi connectivity index (χ1) is 10.3. The molecule has 0 bridgehead atoms. The summed E-state index contributed by atoms with van der Waals surface area (Å²) in [6.45, 7) is 7.64. The number of ether oxygens (including phenoxy) is 1. The van der Waals surface area contributed by atoms with Crippen molar-refractivity contribution in [3.05, 3.63) is 24.2 Å². The Labute approximate surface area is 131 Å². The van der Waals surface area contributed by atoms with Crippen LogP contribution in [-0.4, -0.2) is 46.9 Å². The molecular weight excluding hydrogens is 284 g/mol. The van der Waals surface area contributed by atoms with Crippen LogP contribution in [0, 0.1) is 0 Å². The van der Waals surface area contributed by atoms with E-state index in [-0.39, 0.29) is 6.09 Å². The normalized spacial score (nSPS) is 18.3. The third-order valence-electron chi connectivity index (χ3n) is 3.68. The molecule has 6 nitrogen and oxygen atoms in total. The molecule has 1 saturated heterocycles. The lowest BCUT2D eigenvalue weighted by Crippen LogP contribution is -2.51. The highest BCUT2D eigenvalue weighted by Crippen LogP contribution is 2.23. The highest BCUT2D eigenvalue weighted by atomic mass is 16.6. The minimum Gasteiger partial charge on any atom is -0.468 e. The Morgan fingerprint density at radius 2 is 2.14 bits per heavy atom. The van der Waals surface area contributed by atoms with Gasteiger partial charge >= 0.3 is 6.09 Å². The molecule has 2 heterocycles. The first kappa shape index (κ1) is 16.8. The van der Waals surface area contributed by atoms with Crippen LogP contribution < -0.4 is 5.32 Å². The summed E-state index contributed by atoms with van der Waals surface area (Å²) in [5.74, 6) is 0.842. The number of hydrogen-bond donors (Lipinski definition) is 2. The maximum atomic E-state index is 12.0. The molecule has 124 valence electrons. The number of carbonyl (C=O) groups is 1. The summed E-state index contributed by atoms with van der Waals surface area (Å²) in [4.78, 5) is 13.6. The number of hydrogen-bond acceptors (Lipinski definition) is 5. The van der Waals surface area contributed by atoms with E-state index in [1.165, 1.54) is 0 Å². The van der Waals surface area contributed by atoms with Crippen molar-refractivity contribution in [3.8, 4) is 0 Å². The van der Waals surface area contributed by atoms with Gasteiger partial charge < -0.3 is 24.5 Å². The number of furan rings is 1. The molecule has 1 aromatic heterocycles. The maximum Gasteiger partial charge on any atom is 0.410 e. The molecule has 0 spiro atoms. The average Bonchev–Trinajstić information content (AvgIpc) is 2.90. The molecule has 1 aromatic rings. The summed E-state index contributed by atoms with van der Waals surface area (Å²) >= 11 is 0. The maximum absolute atomic E-state index is 12.0. The standard InChI is InChI=1S/C16H26N2O4/c1-15(2,3)22-14(19)18-8-6-16(20,7-9-18)12-17-11-13-5-4-10-21-13/h4-5,10,17,20H,6-9,11-12H2,1-3H3. The minimum absolute atomic E-state index is 0.307. The van der Waals surface area contributed by atoms with E-state index in [0.29, 0.717) is 39.0 Å². The van der Waals surface area contributed by atoms with Crippen LogP contribution in [0.2, 0.25) is 0 Å². The zero-order valence-electron chi connectivity index (χ0n) is 13.6. The Morgan fingerprint density at radius 1 is 1.45 bits per heavy atom. The van der Waals surface area contributed by atoms with Gasteiger partial charge in [0.05, 0.1) is 18.4 Å². The van der Waals surface area contributed by atoms with Crippen LogP contribution in [0.15, 0.2) is 22.8 Å². The van der Waals surface area contributed by atoms with Crippen LogP contribution in [0.1, 0.15) is 39.4 Å². The first-order valence-corrected chi connectivity index (χ1v) is 7.71. The van der Waals surface area contributed by atoms with Crippen LogP contribution in [0.5, 0.6) is 0 Å². The monoisotopic (exact) mass is 310 g/mol. The number of aliphatic hydroxyl groups is 1. The third kappa shape index (κ3) is 5.03. The van der Waals surface area contributed by atoms with Gasteiger partial charge in [0.15, 0.2) is 0 Å². The van der Waals surface area contributed by atoms with Gasteiger partial charge in [0, 0.05) is 19.6 Å². The van der Waals surface area contributed by atoms with Gasteiger partial charge in [0.25, 0.3) is 0 Å². The molecule has 0 aromatic carbocycles. The van der Waals surface area contributed by atoms with E-state index in [1.807, 2.05) is 32.9 Å². The fraction of sp³-hybridized carbons (Fsp3) is 0.688. The second kappa shape index (κ2) is 6.71. The molecule has 6 heteroatoms. The van der Waals surface area contributed by atoms with E-state index in [2.05, 4.69) is 5.32 Å². The molecule has 2 N–H and O–H groups in total. The van der Waals surface area contributed by atoms with E-state index in [0.717, 1.165) is 5.76 Å². The van der Waals surface area contributed by atoms with Gasteiger partial charge in [-0.05, 0) is 45.7 Å². The van der Waals surface area contributed by atoms with Gasteiger partial charge in [0.1, 0.15) is 11.4 Å². The molecule has 0 saturated carbocycles. The van der Waals surface area contributed by atoms with Crippen LogP contribution >= 0.6 is 0 Å². The lowest BCUT2D eigenvalue weighted by molar-refractivity contribution is -0.0312. The Kier molecular flexibility index (Phi) is 5.13. The zero-order valence-corrected chi connectivity index (χ0v) is 13.6. The van der Waals surface area contributed by atoms with Gasteiger partial charge in [-0.2, -0.15) is 0 Å². The molecule has 1 fully saturated rings. The van der Waals surface area contributed by atoms with E-state index >= 15 is 0 Å². The zero-order chi connectivity index (χ0) is 16.2. The molecule has 0 atom stereocenters. The Morgan fingerprint density at radius 3 is 2.68 bits per heavy atom. The van der Waals surface area contributed by atoms with Crippen LogP contribution in [0.3, 0.4) is 0 Å². The number of rotatable bonds is 4. The van der Waals surface area contributed by atoms with E-state index in [1.54, 1.807) is 11.2 Å². The minimum atomic E-state index is -0.787. The highest BCUT2D eigenvalue weighted by Gasteiger charge is 2.35. The summed E-state index contributed by atoms with van der Waals surface area (Å²) in [6, 6.07) is 3.73. The summed E-state index contributed by atoms with van der Waals surface area (Å²) in [5, 5.41) is 13.8. The average molecular weight is 310 g/mol. The Balaban J connectivity index is 1.74. The summed E-state index contributed by atoms with van der Waals surface area (Å²) in [5.41, 5.74) is -1.28. The lowest BCUT2D eigenvalue weighted by Gasteiger charge is -2.38. The lowest BCUT2D eigenvalue weighted by atomic mass is 9.91. The third-order valence-corrected chi connectivity index (χ3v) is 3.68. The van der Waals surface area contributed by atoms with E-state index in [4.69, 9.17) is 9.15 Å². The van der Waals surface area contributed by atoms with Crippen molar-refractivity contribution in [3.63, 3.8) is 0 Å². The largest absolute Gasteiger partial charge is 0.468 e. The SMILES string of the molecule is CC(C)(C)OC(=O)N1CCC(O)(CNCc2ccco2)CC1. The Bertz CT molecular complexity index is 471. The quantitative estimate of drug-likeness (QED) is 0.891. The summed E-state index contributed by atoms with van der Waals surface area (Å²) in [7, 11) is 0. The molecule has 0 unspecified atom stereocenters. The van der Waals surface area contributed by atoms with Crippen molar-refractivity contribution >= 4 is 6.09 Å².